The molecule has 0 aromatic carbocycles. The standard InChI is InChI=1S/C13H21N5O2S/c1-10(19)16-4-2-11(3-5-16)18(15)7-13(20)17-9-21-8-12(17)6-14/h11-12H,2-5,7-9,15H2,1H3. The lowest BCUT2D eigenvalue weighted by atomic mass is 10.0. The Balaban J connectivity index is 1.82. The molecule has 2 aliphatic rings. The summed E-state index contributed by atoms with van der Waals surface area (Å²) in [4.78, 5) is 26.9. The highest BCUT2D eigenvalue weighted by atomic mass is 32.2. The number of nitrogens with zero attached hydrogens (tertiary/aromatic N) is 4. The molecule has 2 aliphatic heterocycles. The Morgan fingerprint density at radius 2 is 2.10 bits per heavy atom. The molecule has 0 aromatic rings. The zero-order chi connectivity index (χ0) is 15.4. The molecule has 21 heavy (non-hydrogen) atoms. The van der Waals surface area contributed by atoms with Crippen molar-refractivity contribution in [2.24, 2.45) is 5.84 Å². The van der Waals surface area contributed by atoms with E-state index in [1.165, 1.54) is 0 Å². The van der Waals surface area contributed by atoms with Gasteiger partial charge in [-0.15, -0.1) is 11.8 Å². The molecule has 2 N–H and O–H groups in total. The number of rotatable bonds is 3. The van der Waals surface area contributed by atoms with Crippen LogP contribution in [0.4, 0.5) is 0 Å². The van der Waals surface area contributed by atoms with E-state index in [2.05, 4.69) is 6.07 Å². The Kier molecular flexibility index (Phi) is 5.45. The number of carbonyl (C=O) groups is 2. The summed E-state index contributed by atoms with van der Waals surface area (Å²) >= 11 is 1.59. The van der Waals surface area contributed by atoms with Crippen molar-refractivity contribution < 1.29 is 9.59 Å². The fourth-order valence-corrected chi connectivity index (χ4v) is 3.79. The lowest BCUT2D eigenvalue weighted by molar-refractivity contribution is -0.134. The van der Waals surface area contributed by atoms with Gasteiger partial charge in [0.15, 0.2) is 0 Å². The van der Waals surface area contributed by atoms with Crippen molar-refractivity contribution in [3.05, 3.63) is 0 Å². The SMILES string of the molecule is CC(=O)N1CCC(N(N)CC(=O)N2CSCC2C#N)CC1. The van der Waals surface area contributed by atoms with Crippen LogP contribution < -0.4 is 5.84 Å². The third kappa shape index (κ3) is 3.87. The van der Waals surface area contributed by atoms with Crippen molar-refractivity contribution in [1.29, 1.82) is 5.26 Å². The number of amides is 2. The van der Waals surface area contributed by atoms with Gasteiger partial charge < -0.3 is 9.80 Å². The smallest absolute Gasteiger partial charge is 0.239 e. The summed E-state index contributed by atoms with van der Waals surface area (Å²) < 4.78 is 0. The average molecular weight is 311 g/mol. The highest BCUT2D eigenvalue weighted by Gasteiger charge is 2.31. The second kappa shape index (κ2) is 7.11. The summed E-state index contributed by atoms with van der Waals surface area (Å²) in [5, 5.41) is 10.6. The van der Waals surface area contributed by atoms with Crippen LogP contribution in [0.15, 0.2) is 0 Å². The molecule has 7 nitrogen and oxygen atoms in total. The predicted molar refractivity (Wildman–Crippen MR) is 79.7 cm³/mol. The van der Waals surface area contributed by atoms with Crippen LogP contribution in [0.25, 0.3) is 0 Å². The van der Waals surface area contributed by atoms with Crippen molar-refractivity contribution in [3.63, 3.8) is 0 Å². The molecule has 0 spiro atoms. The maximum absolute atomic E-state index is 12.2. The second-order valence-corrected chi connectivity index (χ2v) is 6.42. The molecule has 2 rings (SSSR count). The van der Waals surface area contributed by atoms with Gasteiger partial charge in [-0.3, -0.25) is 15.4 Å². The second-order valence-electron chi connectivity index (χ2n) is 5.42. The minimum Gasteiger partial charge on any atom is -0.343 e. The van der Waals surface area contributed by atoms with Crippen LogP contribution >= 0.6 is 11.8 Å². The Labute approximate surface area is 129 Å². The van der Waals surface area contributed by atoms with Gasteiger partial charge in [0.05, 0.1) is 18.5 Å². The van der Waals surface area contributed by atoms with Crippen molar-refractivity contribution in [1.82, 2.24) is 14.8 Å². The molecule has 116 valence electrons. The van der Waals surface area contributed by atoms with Gasteiger partial charge in [0.25, 0.3) is 0 Å². The van der Waals surface area contributed by atoms with Crippen molar-refractivity contribution in [3.8, 4) is 6.07 Å². The van der Waals surface area contributed by atoms with E-state index in [1.54, 1.807) is 33.5 Å². The molecule has 2 amide bonds. The molecule has 2 saturated heterocycles. The molecule has 0 radical (unpaired) electrons. The topological polar surface area (TPSA) is 93.7 Å². The van der Waals surface area contributed by atoms with Crippen LogP contribution in [-0.4, -0.2) is 70.0 Å². The molecule has 0 aliphatic carbocycles. The summed E-state index contributed by atoms with van der Waals surface area (Å²) in [5.41, 5.74) is 0. The number of nitriles is 1. The van der Waals surface area contributed by atoms with E-state index in [0.29, 0.717) is 24.7 Å². The molecule has 2 fully saturated rings. The first-order valence-corrected chi connectivity index (χ1v) is 8.22. The molecular formula is C13H21N5O2S. The normalized spacial score (nSPS) is 23.4. The fraction of sp³-hybridized carbons (Fsp3) is 0.769. The van der Waals surface area contributed by atoms with Gasteiger partial charge in [-0.25, -0.2) is 5.01 Å². The first-order valence-electron chi connectivity index (χ1n) is 7.06. The molecule has 0 saturated carbocycles. The average Bonchev–Trinajstić information content (AvgIpc) is 2.95. The number of carbonyl (C=O) groups excluding carboxylic acids is 2. The fourth-order valence-electron chi connectivity index (χ4n) is 2.68. The van der Waals surface area contributed by atoms with E-state index in [-0.39, 0.29) is 30.4 Å². The zero-order valence-corrected chi connectivity index (χ0v) is 13.0. The Bertz CT molecular complexity index is 444. The molecule has 1 unspecified atom stereocenters. The minimum atomic E-state index is -0.338. The molecule has 1 atom stereocenters. The summed E-state index contributed by atoms with van der Waals surface area (Å²) in [6.07, 6.45) is 1.56. The number of hydrazine groups is 1. The van der Waals surface area contributed by atoms with Crippen LogP contribution in [0.3, 0.4) is 0 Å². The maximum Gasteiger partial charge on any atom is 0.239 e. The molecule has 8 heteroatoms. The molecule has 0 aromatic heterocycles. The van der Waals surface area contributed by atoms with E-state index in [9.17, 15) is 9.59 Å². The van der Waals surface area contributed by atoms with E-state index in [0.717, 1.165) is 12.8 Å². The van der Waals surface area contributed by atoms with Gasteiger partial charge in [-0.05, 0) is 12.8 Å². The maximum atomic E-state index is 12.2. The number of hydrogen-bond donors (Lipinski definition) is 1. The van der Waals surface area contributed by atoms with Crippen molar-refractivity contribution in [2.75, 3.05) is 31.3 Å². The number of piperidine rings is 1. The highest BCUT2D eigenvalue weighted by molar-refractivity contribution is 7.99. The molecule has 0 bridgehead atoms. The van der Waals surface area contributed by atoms with Crippen LogP contribution in [0.1, 0.15) is 19.8 Å². The predicted octanol–water partition coefficient (Wildman–Crippen LogP) is -0.402. The highest BCUT2D eigenvalue weighted by Crippen LogP contribution is 2.21. The number of likely N-dealkylation sites (tertiary alicyclic amines) is 1. The lowest BCUT2D eigenvalue weighted by Gasteiger charge is -2.36. The van der Waals surface area contributed by atoms with Gasteiger partial charge in [0, 0.05) is 31.8 Å². The third-order valence-electron chi connectivity index (χ3n) is 4.05. The van der Waals surface area contributed by atoms with E-state index < -0.39 is 0 Å². The van der Waals surface area contributed by atoms with E-state index >= 15 is 0 Å². The van der Waals surface area contributed by atoms with Gasteiger partial charge in [0.1, 0.15) is 6.04 Å². The first-order chi connectivity index (χ1) is 10.0. The zero-order valence-electron chi connectivity index (χ0n) is 12.2. The summed E-state index contributed by atoms with van der Waals surface area (Å²) in [6.45, 7) is 3.06. The summed E-state index contributed by atoms with van der Waals surface area (Å²) in [7, 11) is 0. The van der Waals surface area contributed by atoms with E-state index in [1.807, 2.05) is 0 Å². The van der Waals surface area contributed by atoms with Crippen molar-refractivity contribution >= 4 is 23.6 Å². The quantitative estimate of drug-likeness (QED) is 0.563. The number of nitrogens with two attached hydrogens (primary N) is 1. The number of thioether (sulfide) groups is 1. The van der Waals surface area contributed by atoms with Crippen LogP contribution in [0.2, 0.25) is 0 Å². The lowest BCUT2D eigenvalue weighted by Crippen LogP contribution is -2.53. The Morgan fingerprint density at radius 3 is 2.67 bits per heavy atom. The Morgan fingerprint density at radius 1 is 1.43 bits per heavy atom. The van der Waals surface area contributed by atoms with E-state index in [4.69, 9.17) is 11.1 Å². The van der Waals surface area contributed by atoms with Gasteiger partial charge >= 0.3 is 0 Å². The number of hydrogen-bond acceptors (Lipinski definition) is 6. The van der Waals surface area contributed by atoms with Gasteiger partial charge in [0.2, 0.25) is 11.8 Å². The van der Waals surface area contributed by atoms with Gasteiger partial charge in [-0.1, -0.05) is 0 Å². The summed E-state index contributed by atoms with van der Waals surface area (Å²) in [5.74, 6) is 7.24. The largest absolute Gasteiger partial charge is 0.343 e. The van der Waals surface area contributed by atoms with Crippen LogP contribution in [0.5, 0.6) is 0 Å². The van der Waals surface area contributed by atoms with Crippen LogP contribution in [-0.2, 0) is 9.59 Å². The molecule has 2 heterocycles. The summed E-state index contributed by atoms with van der Waals surface area (Å²) in [6, 6.07) is 1.92. The Hall–Kier alpha value is -1.30. The van der Waals surface area contributed by atoms with Crippen LogP contribution in [0, 0.1) is 11.3 Å². The monoisotopic (exact) mass is 311 g/mol. The molecular weight excluding hydrogens is 290 g/mol. The third-order valence-corrected chi connectivity index (χ3v) is 5.06. The van der Waals surface area contributed by atoms with Crippen molar-refractivity contribution in [2.45, 2.75) is 31.8 Å². The van der Waals surface area contributed by atoms with Gasteiger partial charge in [-0.2, -0.15) is 5.26 Å². The minimum absolute atomic E-state index is 0.0825. The first kappa shape index (κ1) is 16.1.